The van der Waals surface area contributed by atoms with Crippen LogP contribution in [0.3, 0.4) is 0 Å². The molecular formula is C7H12N4S. The second kappa shape index (κ2) is 3.45. The van der Waals surface area contributed by atoms with Crippen LogP contribution in [0.25, 0.3) is 0 Å². The zero-order valence-electron chi connectivity index (χ0n) is 6.73. The molecule has 1 aliphatic rings. The molecule has 0 amide bonds. The first kappa shape index (κ1) is 8.07. The van der Waals surface area contributed by atoms with Crippen molar-refractivity contribution in [2.24, 2.45) is 11.7 Å². The molecule has 0 saturated heterocycles. The molecule has 0 spiro atoms. The fourth-order valence-electron chi connectivity index (χ4n) is 1.10. The highest BCUT2D eigenvalue weighted by Gasteiger charge is 2.28. The van der Waals surface area contributed by atoms with Crippen LogP contribution in [0.2, 0.25) is 0 Å². The van der Waals surface area contributed by atoms with Crippen LogP contribution >= 0.6 is 11.8 Å². The van der Waals surface area contributed by atoms with Crippen LogP contribution in [-0.2, 0) is 0 Å². The van der Waals surface area contributed by atoms with E-state index in [1.165, 1.54) is 19.2 Å². The Kier molecular flexibility index (Phi) is 2.32. The van der Waals surface area contributed by atoms with Gasteiger partial charge in [-0.05, 0) is 18.8 Å². The first-order valence-corrected chi connectivity index (χ1v) is 5.08. The molecule has 0 aromatic carbocycles. The Morgan fingerprint density at radius 3 is 3.17 bits per heavy atom. The third-order valence-corrected chi connectivity index (χ3v) is 3.05. The van der Waals surface area contributed by atoms with Crippen LogP contribution in [-0.4, -0.2) is 27.0 Å². The van der Waals surface area contributed by atoms with Crippen LogP contribution in [0.4, 0.5) is 0 Å². The number of nitrogens with zero attached hydrogens (tertiary/aromatic N) is 2. The zero-order valence-corrected chi connectivity index (χ0v) is 7.55. The minimum atomic E-state index is 0.333. The van der Waals surface area contributed by atoms with Crippen molar-refractivity contribution in [2.75, 3.05) is 5.75 Å². The molecule has 1 aromatic rings. The summed E-state index contributed by atoms with van der Waals surface area (Å²) >= 11 is 1.65. The summed E-state index contributed by atoms with van der Waals surface area (Å²) < 4.78 is 0. The standard InChI is InChI=1S/C7H12N4S/c8-6(5-1-2-5)3-12-7-9-4-10-11-7/h4-6H,1-3,8H2,(H,9,10,11). The Bertz CT molecular complexity index is 232. The van der Waals surface area contributed by atoms with Crippen LogP contribution in [0.15, 0.2) is 11.5 Å². The maximum Gasteiger partial charge on any atom is 0.183 e. The lowest BCUT2D eigenvalue weighted by molar-refractivity contribution is 0.658. The molecule has 1 unspecified atom stereocenters. The smallest absolute Gasteiger partial charge is 0.183 e. The number of rotatable bonds is 4. The molecule has 1 heterocycles. The number of thioether (sulfide) groups is 1. The van der Waals surface area contributed by atoms with Crippen LogP contribution in [0, 0.1) is 5.92 Å². The van der Waals surface area contributed by atoms with E-state index in [1.54, 1.807) is 11.8 Å². The number of hydrogen-bond donors (Lipinski definition) is 2. The van der Waals surface area contributed by atoms with Gasteiger partial charge in [0.1, 0.15) is 6.33 Å². The van der Waals surface area contributed by atoms with E-state index in [1.807, 2.05) is 0 Å². The van der Waals surface area contributed by atoms with Crippen LogP contribution in [0.5, 0.6) is 0 Å². The van der Waals surface area contributed by atoms with Crippen LogP contribution in [0.1, 0.15) is 12.8 Å². The van der Waals surface area contributed by atoms with Gasteiger partial charge in [0.25, 0.3) is 0 Å². The van der Waals surface area contributed by atoms with Gasteiger partial charge in [0.2, 0.25) is 0 Å². The van der Waals surface area contributed by atoms with Crippen molar-refractivity contribution >= 4 is 11.8 Å². The van der Waals surface area contributed by atoms with E-state index in [4.69, 9.17) is 5.73 Å². The fraction of sp³-hybridized carbons (Fsp3) is 0.714. The second-order valence-electron chi connectivity index (χ2n) is 3.10. The average Bonchev–Trinajstić information content (AvgIpc) is 2.80. The fourth-order valence-corrected chi connectivity index (χ4v) is 1.96. The molecule has 3 N–H and O–H groups in total. The monoisotopic (exact) mass is 184 g/mol. The predicted molar refractivity (Wildman–Crippen MR) is 47.8 cm³/mol. The molecule has 2 rings (SSSR count). The van der Waals surface area contributed by atoms with E-state index in [9.17, 15) is 0 Å². The normalized spacial score (nSPS) is 19.4. The van der Waals surface area contributed by atoms with Gasteiger partial charge in [0.05, 0.1) is 0 Å². The van der Waals surface area contributed by atoms with Crippen molar-refractivity contribution in [2.45, 2.75) is 24.0 Å². The van der Waals surface area contributed by atoms with Gasteiger partial charge in [0.15, 0.2) is 5.16 Å². The molecular weight excluding hydrogens is 172 g/mol. The van der Waals surface area contributed by atoms with Gasteiger partial charge in [-0.25, -0.2) is 4.98 Å². The molecule has 1 aliphatic carbocycles. The molecule has 4 nitrogen and oxygen atoms in total. The molecule has 1 atom stereocenters. The van der Waals surface area contributed by atoms with E-state index in [-0.39, 0.29) is 0 Å². The van der Waals surface area contributed by atoms with E-state index in [0.29, 0.717) is 6.04 Å². The van der Waals surface area contributed by atoms with Crippen molar-refractivity contribution in [3.05, 3.63) is 6.33 Å². The van der Waals surface area contributed by atoms with Crippen molar-refractivity contribution in [3.8, 4) is 0 Å². The topological polar surface area (TPSA) is 67.6 Å². The lowest BCUT2D eigenvalue weighted by Crippen LogP contribution is -2.25. The molecule has 5 heteroatoms. The Labute approximate surface area is 75.3 Å². The molecule has 1 saturated carbocycles. The van der Waals surface area contributed by atoms with Crippen molar-refractivity contribution in [1.82, 2.24) is 15.2 Å². The van der Waals surface area contributed by atoms with Crippen molar-refractivity contribution < 1.29 is 0 Å². The van der Waals surface area contributed by atoms with Gasteiger partial charge in [-0.1, -0.05) is 11.8 Å². The third kappa shape index (κ3) is 1.98. The highest BCUT2D eigenvalue weighted by atomic mass is 32.2. The van der Waals surface area contributed by atoms with Gasteiger partial charge in [0, 0.05) is 11.8 Å². The summed E-state index contributed by atoms with van der Waals surface area (Å²) in [5, 5.41) is 7.43. The van der Waals surface area contributed by atoms with Gasteiger partial charge in [-0.2, -0.15) is 5.10 Å². The van der Waals surface area contributed by atoms with Gasteiger partial charge < -0.3 is 5.73 Å². The van der Waals surface area contributed by atoms with E-state index < -0.39 is 0 Å². The van der Waals surface area contributed by atoms with Crippen molar-refractivity contribution in [1.29, 1.82) is 0 Å². The third-order valence-electron chi connectivity index (χ3n) is 2.03. The number of aromatic amines is 1. The molecule has 0 aliphatic heterocycles. The van der Waals surface area contributed by atoms with E-state index >= 15 is 0 Å². The number of H-pyrrole nitrogens is 1. The minimum absolute atomic E-state index is 0.333. The van der Waals surface area contributed by atoms with Gasteiger partial charge in [-0.3, -0.25) is 5.10 Å². The largest absolute Gasteiger partial charge is 0.327 e. The highest BCUT2D eigenvalue weighted by molar-refractivity contribution is 7.99. The second-order valence-corrected chi connectivity index (χ2v) is 4.11. The highest BCUT2D eigenvalue weighted by Crippen LogP contribution is 2.33. The van der Waals surface area contributed by atoms with E-state index in [2.05, 4.69) is 15.2 Å². The summed E-state index contributed by atoms with van der Waals surface area (Å²) in [6, 6.07) is 0.333. The SMILES string of the molecule is NC(CSc1ncn[nH]1)C1CC1. The summed E-state index contributed by atoms with van der Waals surface area (Å²) in [7, 11) is 0. The quantitative estimate of drug-likeness (QED) is 0.674. The summed E-state index contributed by atoms with van der Waals surface area (Å²) in [6.45, 7) is 0. The number of hydrogen-bond acceptors (Lipinski definition) is 4. The predicted octanol–water partition coefficient (Wildman–Crippen LogP) is 0.634. The summed E-state index contributed by atoms with van der Waals surface area (Å²) in [6.07, 6.45) is 4.13. The number of nitrogens with two attached hydrogens (primary N) is 1. The molecule has 1 aromatic heterocycles. The Morgan fingerprint density at radius 2 is 2.58 bits per heavy atom. The number of nitrogens with one attached hydrogen (secondary N) is 1. The van der Waals surface area contributed by atoms with Crippen molar-refractivity contribution in [3.63, 3.8) is 0 Å². The summed E-state index contributed by atoms with van der Waals surface area (Å²) in [5.41, 5.74) is 5.91. The van der Waals surface area contributed by atoms with Crippen LogP contribution < -0.4 is 5.73 Å². The van der Waals surface area contributed by atoms with Gasteiger partial charge >= 0.3 is 0 Å². The molecule has 0 radical (unpaired) electrons. The van der Waals surface area contributed by atoms with E-state index in [0.717, 1.165) is 16.8 Å². The Balaban J connectivity index is 1.74. The average molecular weight is 184 g/mol. The Morgan fingerprint density at radius 1 is 1.75 bits per heavy atom. The lowest BCUT2D eigenvalue weighted by atomic mass is 10.2. The van der Waals surface area contributed by atoms with Gasteiger partial charge in [-0.15, -0.1) is 0 Å². The Hall–Kier alpha value is -0.550. The first-order valence-electron chi connectivity index (χ1n) is 4.10. The first-order chi connectivity index (χ1) is 5.86. The lowest BCUT2D eigenvalue weighted by Gasteiger charge is -2.06. The maximum atomic E-state index is 5.91. The molecule has 1 fully saturated rings. The maximum absolute atomic E-state index is 5.91. The molecule has 12 heavy (non-hydrogen) atoms. The molecule has 66 valence electrons. The number of aromatic nitrogens is 3. The minimum Gasteiger partial charge on any atom is -0.327 e. The summed E-state index contributed by atoms with van der Waals surface area (Å²) in [5.74, 6) is 1.71. The zero-order chi connectivity index (χ0) is 8.39. The summed E-state index contributed by atoms with van der Waals surface area (Å²) in [4.78, 5) is 4.01. The molecule has 0 bridgehead atoms.